The summed E-state index contributed by atoms with van der Waals surface area (Å²) >= 11 is 0. The summed E-state index contributed by atoms with van der Waals surface area (Å²) in [6, 6.07) is 8.11. The van der Waals surface area contributed by atoms with Crippen molar-refractivity contribution in [1.82, 2.24) is 5.32 Å². The van der Waals surface area contributed by atoms with E-state index in [0.717, 1.165) is 43.7 Å². The van der Waals surface area contributed by atoms with Crippen LogP contribution in [-0.4, -0.2) is 19.0 Å². The number of hydrogen-bond acceptors (Lipinski definition) is 2. The molecule has 2 aliphatic rings. The van der Waals surface area contributed by atoms with E-state index in [-0.39, 0.29) is 11.3 Å². The Morgan fingerprint density at radius 1 is 1.21 bits per heavy atom. The van der Waals surface area contributed by atoms with Crippen molar-refractivity contribution in [3.8, 4) is 0 Å². The lowest BCUT2D eigenvalue weighted by Gasteiger charge is -2.31. The zero-order valence-corrected chi connectivity index (χ0v) is 11.4. The summed E-state index contributed by atoms with van der Waals surface area (Å²) in [5, 5.41) is 3.33. The molecule has 2 fully saturated rings. The number of carbonyl (C=O) groups is 1. The number of allylic oxidation sites excluding steroid dienone is 1. The van der Waals surface area contributed by atoms with Gasteiger partial charge in [-0.2, -0.15) is 0 Å². The molecule has 0 aromatic heterocycles. The molecule has 0 unspecified atom stereocenters. The fourth-order valence-corrected chi connectivity index (χ4v) is 3.22. The molecule has 3 heteroatoms. The molecule has 0 saturated carbocycles. The van der Waals surface area contributed by atoms with Crippen molar-refractivity contribution < 1.29 is 4.79 Å². The van der Waals surface area contributed by atoms with Crippen molar-refractivity contribution in [2.45, 2.75) is 26.2 Å². The first kappa shape index (κ1) is 12.4. The lowest BCUT2D eigenvalue weighted by atomic mass is 9.77. The van der Waals surface area contributed by atoms with Crippen molar-refractivity contribution in [1.29, 1.82) is 0 Å². The van der Waals surface area contributed by atoms with Crippen LogP contribution in [-0.2, 0) is 4.79 Å². The number of rotatable bonds is 1. The van der Waals surface area contributed by atoms with E-state index < -0.39 is 0 Å². The van der Waals surface area contributed by atoms with Crippen molar-refractivity contribution in [3.63, 3.8) is 0 Å². The van der Waals surface area contributed by atoms with Gasteiger partial charge in [0.05, 0.1) is 5.41 Å². The molecule has 1 amide bonds. The fourth-order valence-electron chi connectivity index (χ4n) is 3.22. The quantitative estimate of drug-likeness (QED) is 0.837. The molecule has 1 aromatic rings. The van der Waals surface area contributed by atoms with Crippen molar-refractivity contribution in [2.24, 2.45) is 5.41 Å². The smallest absolute Gasteiger partial charge is 0.237 e. The highest BCUT2D eigenvalue weighted by Crippen LogP contribution is 2.46. The molecule has 100 valence electrons. The van der Waals surface area contributed by atoms with Crippen LogP contribution in [0.1, 0.15) is 24.8 Å². The van der Waals surface area contributed by atoms with Crippen molar-refractivity contribution in [3.05, 3.63) is 42.1 Å². The second kappa shape index (κ2) is 4.49. The number of benzene rings is 1. The molecular weight excluding hydrogens is 236 g/mol. The van der Waals surface area contributed by atoms with Gasteiger partial charge in [-0.15, -0.1) is 0 Å². The van der Waals surface area contributed by atoms with E-state index in [1.807, 2.05) is 29.2 Å². The zero-order valence-electron chi connectivity index (χ0n) is 11.4. The molecular formula is C16H20N2O. The maximum Gasteiger partial charge on any atom is 0.237 e. The van der Waals surface area contributed by atoms with Gasteiger partial charge in [0.1, 0.15) is 0 Å². The maximum atomic E-state index is 12.8. The molecule has 3 rings (SSSR count). The van der Waals surface area contributed by atoms with Gasteiger partial charge in [-0.05, 0) is 45.0 Å². The first-order chi connectivity index (χ1) is 9.12. The zero-order chi connectivity index (χ0) is 13.5. The van der Waals surface area contributed by atoms with Gasteiger partial charge in [-0.3, -0.25) is 9.69 Å². The second-order valence-corrected chi connectivity index (χ2v) is 5.75. The summed E-state index contributed by atoms with van der Waals surface area (Å²) in [4.78, 5) is 14.6. The average Bonchev–Trinajstić information content (AvgIpc) is 2.64. The van der Waals surface area contributed by atoms with Gasteiger partial charge in [-0.25, -0.2) is 0 Å². The number of hydrogen-bond donors (Lipinski definition) is 1. The van der Waals surface area contributed by atoms with E-state index in [0.29, 0.717) is 0 Å². The van der Waals surface area contributed by atoms with E-state index in [1.54, 1.807) is 0 Å². The molecule has 0 radical (unpaired) electrons. The predicted molar refractivity (Wildman–Crippen MR) is 77.0 cm³/mol. The van der Waals surface area contributed by atoms with Crippen LogP contribution in [0.5, 0.6) is 0 Å². The Bertz CT molecular complexity index is 512. The fraction of sp³-hybridized carbons (Fsp3) is 0.438. The van der Waals surface area contributed by atoms with Crippen LogP contribution >= 0.6 is 0 Å². The second-order valence-electron chi connectivity index (χ2n) is 5.75. The first-order valence-corrected chi connectivity index (χ1v) is 6.92. The topological polar surface area (TPSA) is 32.3 Å². The van der Waals surface area contributed by atoms with E-state index in [4.69, 9.17) is 0 Å². The third kappa shape index (κ3) is 1.98. The highest BCUT2D eigenvalue weighted by molar-refractivity contribution is 6.03. The molecule has 1 N–H and O–H groups in total. The van der Waals surface area contributed by atoms with Gasteiger partial charge in [0.25, 0.3) is 0 Å². The van der Waals surface area contributed by atoms with Crippen LogP contribution in [0.2, 0.25) is 0 Å². The van der Waals surface area contributed by atoms with Gasteiger partial charge in [0.2, 0.25) is 5.91 Å². The van der Waals surface area contributed by atoms with E-state index in [9.17, 15) is 4.79 Å². The van der Waals surface area contributed by atoms with Crippen LogP contribution in [0.3, 0.4) is 0 Å². The number of aryl methyl sites for hydroxylation is 1. The van der Waals surface area contributed by atoms with Crippen LogP contribution in [0.25, 0.3) is 0 Å². The minimum atomic E-state index is -0.201. The highest BCUT2D eigenvalue weighted by atomic mass is 16.2. The molecule has 2 aliphatic heterocycles. The summed E-state index contributed by atoms with van der Waals surface area (Å²) in [6.07, 6.45) is 2.65. The minimum Gasteiger partial charge on any atom is -0.317 e. The van der Waals surface area contributed by atoms with Gasteiger partial charge in [0.15, 0.2) is 0 Å². The maximum absolute atomic E-state index is 12.8. The minimum absolute atomic E-state index is 0.201. The summed E-state index contributed by atoms with van der Waals surface area (Å²) in [5.74, 6) is 0.239. The van der Waals surface area contributed by atoms with Crippen LogP contribution < -0.4 is 10.2 Å². The number of nitrogens with one attached hydrogen (secondary N) is 1. The van der Waals surface area contributed by atoms with Crippen molar-refractivity contribution >= 4 is 11.6 Å². The van der Waals surface area contributed by atoms with Gasteiger partial charge >= 0.3 is 0 Å². The Morgan fingerprint density at radius 2 is 1.84 bits per heavy atom. The average molecular weight is 256 g/mol. The van der Waals surface area contributed by atoms with Crippen LogP contribution in [0, 0.1) is 12.3 Å². The normalized spacial score (nSPS) is 22.3. The van der Waals surface area contributed by atoms with E-state index in [1.165, 1.54) is 5.56 Å². The largest absolute Gasteiger partial charge is 0.317 e. The van der Waals surface area contributed by atoms with Crippen LogP contribution in [0.4, 0.5) is 5.69 Å². The summed E-state index contributed by atoms with van der Waals surface area (Å²) in [5.41, 5.74) is 2.90. The predicted octanol–water partition coefficient (Wildman–Crippen LogP) is 2.62. The molecule has 1 spiro atoms. The van der Waals surface area contributed by atoms with Gasteiger partial charge < -0.3 is 5.32 Å². The lowest BCUT2D eigenvalue weighted by Crippen LogP contribution is -2.42. The SMILES string of the molecule is C=C1CC2(CCNCC2)C(=O)N1c1ccc(C)cc1. The van der Waals surface area contributed by atoms with E-state index in [2.05, 4.69) is 18.8 Å². The van der Waals surface area contributed by atoms with E-state index >= 15 is 0 Å². The Morgan fingerprint density at radius 3 is 2.47 bits per heavy atom. The van der Waals surface area contributed by atoms with Crippen LogP contribution in [0.15, 0.2) is 36.5 Å². The molecule has 1 aromatic carbocycles. The Hall–Kier alpha value is -1.61. The Labute approximate surface area is 114 Å². The number of amides is 1. The monoisotopic (exact) mass is 256 g/mol. The third-order valence-electron chi connectivity index (χ3n) is 4.37. The van der Waals surface area contributed by atoms with Crippen molar-refractivity contribution in [2.75, 3.05) is 18.0 Å². The summed E-state index contributed by atoms with van der Waals surface area (Å²) in [6.45, 7) is 8.04. The molecule has 3 nitrogen and oxygen atoms in total. The number of anilines is 1. The third-order valence-corrected chi connectivity index (χ3v) is 4.37. The highest BCUT2D eigenvalue weighted by Gasteiger charge is 2.49. The summed E-state index contributed by atoms with van der Waals surface area (Å²) in [7, 11) is 0. The number of nitrogens with zero attached hydrogens (tertiary/aromatic N) is 1. The number of carbonyl (C=O) groups excluding carboxylic acids is 1. The molecule has 19 heavy (non-hydrogen) atoms. The molecule has 2 heterocycles. The Kier molecular flexibility index (Phi) is 2.94. The number of piperidine rings is 1. The molecule has 0 aliphatic carbocycles. The lowest BCUT2D eigenvalue weighted by molar-refractivity contribution is -0.126. The standard InChI is InChI=1S/C16H20N2O/c1-12-3-5-14(6-4-12)18-13(2)11-16(15(18)19)7-9-17-10-8-16/h3-6,17H,2,7-11H2,1H3. The van der Waals surface area contributed by atoms with Gasteiger partial charge in [0, 0.05) is 17.8 Å². The first-order valence-electron chi connectivity index (χ1n) is 6.92. The molecule has 0 bridgehead atoms. The van der Waals surface area contributed by atoms with Gasteiger partial charge in [-0.1, -0.05) is 24.3 Å². The molecule has 0 atom stereocenters. The summed E-state index contributed by atoms with van der Waals surface area (Å²) < 4.78 is 0. The molecule has 2 saturated heterocycles. The Balaban J connectivity index is 1.92.